The van der Waals surface area contributed by atoms with Gasteiger partial charge in [-0.3, -0.25) is 0 Å². The van der Waals surface area contributed by atoms with Crippen molar-refractivity contribution in [3.05, 3.63) is 55.6 Å². The van der Waals surface area contributed by atoms with E-state index in [2.05, 4.69) is 22.0 Å². The molecule has 2 aromatic rings. The van der Waals surface area contributed by atoms with Gasteiger partial charge in [-0.25, -0.2) is 4.39 Å². The molecule has 0 aromatic heterocycles. The van der Waals surface area contributed by atoms with Crippen LogP contribution in [-0.4, -0.2) is 12.4 Å². The molecule has 26 heavy (non-hydrogen) atoms. The molecule has 0 amide bonds. The second kappa shape index (κ2) is 6.99. The Balaban J connectivity index is 2.90. The third-order valence-electron chi connectivity index (χ3n) is 3.44. The summed E-state index contributed by atoms with van der Waals surface area (Å²) in [4.78, 5) is 0. The van der Waals surface area contributed by atoms with Crippen molar-refractivity contribution in [3.8, 4) is 17.2 Å². The number of hydrogen-bond donors (Lipinski definition) is 0. The first-order chi connectivity index (χ1) is 11.8. The Morgan fingerprint density at radius 2 is 1.46 bits per heavy atom. The Labute approximate surface area is 165 Å². The molecule has 0 fully saturated rings. The van der Waals surface area contributed by atoms with E-state index in [0.717, 1.165) is 12.1 Å². The van der Waals surface area contributed by atoms with E-state index in [9.17, 15) is 30.7 Å². The van der Waals surface area contributed by atoms with Gasteiger partial charge in [0.05, 0.1) is 11.6 Å². The van der Waals surface area contributed by atoms with E-state index in [1.165, 1.54) is 34.7 Å². The van der Waals surface area contributed by atoms with E-state index in [1.807, 2.05) is 0 Å². The highest BCUT2D eigenvalue weighted by Gasteiger charge is 2.74. The summed E-state index contributed by atoms with van der Waals surface area (Å²) in [6.45, 7) is 0. The molecule has 0 N–H and O–H groups in total. The van der Waals surface area contributed by atoms with Gasteiger partial charge in [0.2, 0.25) is 0 Å². The van der Waals surface area contributed by atoms with Crippen LogP contribution in [0.25, 0.3) is 11.1 Å². The van der Waals surface area contributed by atoms with Crippen LogP contribution in [-0.2, 0) is 5.67 Å². The summed E-state index contributed by atoms with van der Waals surface area (Å²) in [7, 11) is 0. The highest BCUT2D eigenvalue weighted by Crippen LogP contribution is 2.56. The van der Waals surface area contributed by atoms with Crippen LogP contribution in [0.2, 0.25) is 0 Å². The smallest absolute Gasteiger partial charge is 0.218 e. The highest BCUT2D eigenvalue weighted by atomic mass is 127. The maximum Gasteiger partial charge on any atom is 0.435 e. The van der Waals surface area contributed by atoms with Crippen molar-refractivity contribution < 1.29 is 30.7 Å². The van der Waals surface area contributed by atoms with E-state index in [0.29, 0.717) is 6.07 Å². The summed E-state index contributed by atoms with van der Waals surface area (Å²) in [6.07, 6.45) is -12.5. The molecule has 0 heterocycles. The summed E-state index contributed by atoms with van der Waals surface area (Å²) in [5.74, 6) is 0. The van der Waals surface area contributed by atoms with Gasteiger partial charge in [-0.05, 0) is 62.3 Å². The maximum atomic E-state index is 14.6. The first-order valence-electron chi connectivity index (χ1n) is 6.57. The monoisotopic (exact) mass is 550 g/mol. The average Bonchev–Trinajstić information content (AvgIpc) is 2.51. The van der Waals surface area contributed by atoms with Crippen molar-refractivity contribution in [3.63, 3.8) is 0 Å². The molecule has 10 heteroatoms. The van der Waals surface area contributed by atoms with Gasteiger partial charge in [-0.1, -0.05) is 12.1 Å². The van der Waals surface area contributed by atoms with Gasteiger partial charge in [0.15, 0.2) is 0 Å². The highest BCUT2D eigenvalue weighted by molar-refractivity contribution is 14.1. The van der Waals surface area contributed by atoms with E-state index >= 15 is 0 Å². The third-order valence-corrected chi connectivity index (χ3v) is 4.62. The van der Waals surface area contributed by atoms with Crippen molar-refractivity contribution >= 4 is 38.5 Å². The Kier molecular flexibility index (Phi) is 5.64. The molecule has 1 radical (unpaired) electrons. The zero-order valence-electron chi connectivity index (χ0n) is 12.2. The molecule has 0 spiro atoms. The lowest BCUT2D eigenvalue weighted by molar-refractivity contribution is -0.348. The van der Waals surface area contributed by atoms with Crippen LogP contribution in [0.4, 0.5) is 30.7 Å². The van der Waals surface area contributed by atoms with Gasteiger partial charge in [-0.2, -0.15) is 31.6 Å². The van der Waals surface area contributed by atoms with Crippen LogP contribution in [0.3, 0.4) is 0 Å². The standard InChI is InChI=1S/C16H5BrF7IN/c17-12-6-10(25)5-11(14(18,15(19,20)21)16(22,23)24)13(12)9-3-1-8(7-26)2-4-9/h1-5H. The Morgan fingerprint density at radius 1 is 0.962 bits per heavy atom. The van der Waals surface area contributed by atoms with Crippen molar-refractivity contribution in [1.82, 2.24) is 0 Å². The third kappa shape index (κ3) is 3.55. The van der Waals surface area contributed by atoms with E-state index < -0.39 is 29.1 Å². The SMILES string of the molecule is N#Cc1ccc(-c2c(Br)[c]c(I)cc2C(F)(C(F)(F)F)C(F)(F)F)cc1. The number of alkyl halides is 7. The van der Waals surface area contributed by atoms with Crippen molar-refractivity contribution in [1.29, 1.82) is 5.26 Å². The van der Waals surface area contributed by atoms with Crippen molar-refractivity contribution in [2.24, 2.45) is 0 Å². The second-order valence-electron chi connectivity index (χ2n) is 5.06. The first-order valence-corrected chi connectivity index (χ1v) is 8.44. The molecule has 0 aliphatic rings. The molecule has 0 atom stereocenters. The van der Waals surface area contributed by atoms with Crippen LogP contribution in [0, 0.1) is 21.0 Å². The van der Waals surface area contributed by atoms with Crippen LogP contribution < -0.4 is 0 Å². The van der Waals surface area contributed by atoms with Gasteiger partial charge in [-0.15, -0.1) is 0 Å². The number of hydrogen-bond acceptors (Lipinski definition) is 1. The summed E-state index contributed by atoms with van der Waals surface area (Å²) >= 11 is 4.31. The number of nitriles is 1. The van der Waals surface area contributed by atoms with Gasteiger partial charge < -0.3 is 0 Å². The van der Waals surface area contributed by atoms with Crippen LogP contribution in [0.15, 0.2) is 34.8 Å². The normalized spacial score (nSPS) is 12.8. The number of nitrogens with zero attached hydrogens (tertiary/aromatic N) is 1. The molecular formula is C16H5BrF7IN. The molecule has 0 aliphatic heterocycles. The lowest BCUT2D eigenvalue weighted by Gasteiger charge is -2.32. The fourth-order valence-electron chi connectivity index (χ4n) is 2.25. The number of halogens is 9. The van der Waals surface area contributed by atoms with E-state index in [4.69, 9.17) is 5.26 Å². The number of rotatable bonds is 2. The molecule has 2 rings (SSSR count). The Morgan fingerprint density at radius 3 is 1.88 bits per heavy atom. The minimum absolute atomic E-state index is 0.131. The quantitative estimate of drug-likeness (QED) is 0.302. The Hall–Kier alpha value is -1.35. The molecule has 137 valence electrons. The summed E-state index contributed by atoms with van der Waals surface area (Å²) in [6, 6.07) is 9.41. The molecule has 0 saturated carbocycles. The minimum Gasteiger partial charge on any atom is -0.218 e. The zero-order chi connectivity index (χ0) is 19.9. The largest absolute Gasteiger partial charge is 0.435 e. The molecule has 0 bridgehead atoms. The van der Waals surface area contributed by atoms with Crippen LogP contribution in [0.5, 0.6) is 0 Å². The van der Waals surface area contributed by atoms with Crippen molar-refractivity contribution in [2.45, 2.75) is 18.0 Å². The fraction of sp³-hybridized carbons (Fsp3) is 0.188. The second-order valence-corrected chi connectivity index (χ2v) is 7.02. The molecule has 0 aliphatic carbocycles. The number of benzene rings is 2. The topological polar surface area (TPSA) is 23.8 Å². The summed E-state index contributed by atoms with van der Waals surface area (Å²) in [5.41, 5.74) is -7.82. The lowest BCUT2D eigenvalue weighted by atomic mass is 9.87. The van der Waals surface area contributed by atoms with E-state index in [-0.39, 0.29) is 19.2 Å². The molecule has 2 aromatic carbocycles. The fourth-order valence-corrected chi connectivity index (χ4v) is 3.86. The molecular weight excluding hydrogens is 546 g/mol. The van der Waals surface area contributed by atoms with Crippen LogP contribution in [0.1, 0.15) is 11.1 Å². The maximum absolute atomic E-state index is 14.6. The predicted molar refractivity (Wildman–Crippen MR) is 90.7 cm³/mol. The Bertz CT molecular complexity index is 852. The van der Waals surface area contributed by atoms with Gasteiger partial charge in [0.1, 0.15) is 0 Å². The molecule has 0 unspecified atom stereocenters. The minimum atomic E-state index is -6.24. The van der Waals surface area contributed by atoms with Gasteiger partial charge in [0.25, 0.3) is 0 Å². The first kappa shape index (κ1) is 21.0. The van der Waals surface area contributed by atoms with Crippen molar-refractivity contribution in [2.75, 3.05) is 0 Å². The predicted octanol–water partition coefficient (Wildman–Crippen LogP) is 6.68. The van der Waals surface area contributed by atoms with Gasteiger partial charge in [0, 0.05) is 25.2 Å². The summed E-state index contributed by atoms with van der Waals surface area (Å²) in [5, 5.41) is 8.76. The van der Waals surface area contributed by atoms with Crippen LogP contribution >= 0.6 is 38.5 Å². The van der Waals surface area contributed by atoms with E-state index in [1.54, 1.807) is 6.07 Å². The molecule has 0 saturated heterocycles. The van der Waals surface area contributed by atoms with Gasteiger partial charge >= 0.3 is 18.0 Å². The molecule has 1 nitrogen and oxygen atoms in total. The summed E-state index contributed by atoms with van der Waals surface area (Å²) < 4.78 is 93.4. The zero-order valence-corrected chi connectivity index (χ0v) is 16.0. The average molecular weight is 551 g/mol. The lowest BCUT2D eigenvalue weighted by Crippen LogP contribution is -2.50.